The highest BCUT2D eigenvalue weighted by atomic mass is 32.2. The maximum Gasteiger partial charge on any atom is 0.304 e. The van der Waals surface area contributed by atoms with Crippen LogP contribution in [0.15, 0.2) is 261 Å². The molecule has 123 heavy (non-hydrogen) atoms. The van der Waals surface area contributed by atoms with Crippen molar-refractivity contribution in [1.29, 1.82) is 5.26 Å². The summed E-state index contributed by atoms with van der Waals surface area (Å²) in [6.07, 6.45) is 11.5. The highest BCUT2D eigenvalue weighted by molar-refractivity contribution is 7.84. The molecular formula is C95H96F3N17O7S. The Morgan fingerprint density at radius 1 is 0.463 bits per heavy atom. The molecule has 0 saturated heterocycles. The fourth-order valence-electron chi connectivity index (χ4n) is 14.3. The summed E-state index contributed by atoms with van der Waals surface area (Å²) in [7, 11) is -1.33. The molecule has 6 aromatic carbocycles. The van der Waals surface area contributed by atoms with Crippen LogP contribution in [0.1, 0.15) is 140 Å². The molecule has 9 heterocycles. The van der Waals surface area contributed by atoms with Gasteiger partial charge in [0.15, 0.2) is 34.4 Å². The number of halogens is 3. The summed E-state index contributed by atoms with van der Waals surface area (Å²) in [5, 5.41) is 53.6. The molecule has 0 spiro atoms. The SMILES string of the molecule is CC(C)(C)[C@@H](CC(=O)O)Cc1ccnc(-c2[nH]nc3ncc(F)cc23)n1.CC(C)(C)[C@@H](CC(=O)O)Cc1ccnc(-c2nn(C(c3ccccc3)(c3ccccc3)c3ccccc3)c3ncc(F)cc23)n1.CC(C)(C)[C@H](N)CC(=O)O.CCC#N.CS(=O)c1ccnc(-c2nn(C(c3ccccc3)(c3ccccc3)c3ccccc3)c3ncc(F)cc23)n1. The van der Waals surface area contributed by atoms with Crippen molar-refractivity contribution >= 4 is 61.8 Å². The van der Waals surface area contributed by atoms with Crippen molar-refractivity contribution in [3.05, 3.63) is 318 Å². The van der Waals surface area contributed by atoms with E-state index in [-0.39, 0.29) is 59.2 Å². The first-order valence-corrected chi connectivity index (χ1v) is 41.3. The molecule has 6 N–H and O–H groups in total. The van der Waals surface area contributed by atoms with E-state index in [1.165, 1.54) is 36.8 Å². The van der Waals surface area contributed by atoms with E-state index >= 15 is 0 Å². The summed E-state index contributed by atoms with van der Waals surface area (Å²) in [4.78, 5) is 73.2. The van der Waals surface area contributed by atoms with Gasteiger partial charge < -0.3 is 21.1 Å². The summed E-state index contributed by atoms with van der Waals surface area (Å²) in [6.45, 7) is 19.7. The molecule has 0 radical (unpaired) electrons. The number of aromatic nitrogens is 15. The van der Waals surface area contributed by atoms with Gasteiger partial charge >= 0.3 is 17.9 Å². The van der Waals surface area contributed by atoms with Crippen LogP contribution >= 0.6 is 0 Å². The predicted octanol–water partition coefficient (Wildman–Crippen LogP) is 18.1. The van der Waals surface area contributed by atoms with Crippen molar-refractivity contribution in [1.82, 2.24) is 74.6 Å². The van der Waals surface area contributed by atoms with E-state index in [4.69, 9.17) is 31.3 Å². The zero-order valence-corrected chi connectivity index (χ0v) is 70.8. The number of aliphatic carboxylic acids is 3. The number of carboxylic acid groups (broad SMARTS) is 3. The molecule has 0 bridgehead atoms. The van der Waals surface area contributed by atoms with Crippen LogP contribution < -0.4 is 5.73 Å². The number of hydrogen-bond acceptors (Lipinski definition) is 18. The Labute approximate surface area is 713 Å². The van der Waals surface area contributed by atoms with Gasteiger partial charge in [-0.25, -0.2) is 67.4 Å². The molecule has 15 aromatic rings. The topological polar surface area (TPSA) is 359 Å². The lowest BCUT2D eigenvalue weighted by Crippen LogP contribution is -2.38. The predicted molar refractivity (Wildman–Crippen MR) is 467 cm³/mol. The Morgan fingerprint density at radius 3 is 1.11 bits per heavy atom. The number of hydrogen-bond donors (Lipinski definition) is 5. The molecule has 28 heteroatoms. The number of nitrogens with two attached hydrogens (primary N) is 1. The van der Waals surface area contributed by atoms with Gasteiger partial charge in [-0.15, -0.1) is 0 Å². The van der Waals surface area contributed by atoms with E-state index in [0.717, 1.165) is 45.3 Å². The smallest absolute Gasteiger partial charge is 0.304 e. The third-order valence-electron chi connectivity index (χ3n) is 21.0. The van der Waals surface area contributed by atoms with Crippen LogP contribution in [-0.2, 0) is 49.1 Å². The lowest BCUT2D eigenvalue weighted by molar-refractivity contribution is -0.140. The summed E-state index contributed by atoms with van der Waals surface area (Å²) in [6, 6.07) is 71.3. The number of fused-ring (bicyclic) bond motifs is 3. The fraction of sp³-hybridized carbons (Fsp3) is 0.263. The molecule has 0 fully saturated rings. The minimum atomic E-state index is -1.33. The first-order valence-electron chi connectivity index (χ1n) is 39.8. The second kappa shape index (κ2) is 39.6. The number of benzene rings is 6. The Hall–Kier alpha value is -13.8. The summed E-state index contributed by atoms with van der Waals surface area (Å²) < 4.78 is 58.9. The number of nitrogens with one attached hydrogen (secondary N) is 1. The average molecular weight is 1680 g/mol. The van der Waals surface area contributed by atoms with Crippen molar-refractivity contribution in [2.45, 2.75) is 130 Å². The second-order valence-electron chi connectivity index (χ2n) is 32.5. The maximum absolute atomic E-state index is 14.9. The lowest BCUT2D eigenvalue weighted by Gasteiger charge is -2.36. The summed E-state index contributed by atoms with van der Waals surface area (Å²) in [5.74, 6) is -3.29. The number of H-pyrrole nitrogens is 1. The van der Waals surface area contributed by atoms with Gasteiger partial charge in [0.2, 0.25) is 0 Å². The highest BCUT2D eigenvalue weighted by Crippen LogP contribution is 2.46. The highest BCUT2D eigenvalue weighted by Gasteiger charge is 2.44. The van der Waals surface area contributed by atoms with E-state index in [1.54, 1.807) is 36.8 Å². The van der Waals surface area contributed by atoms with E-state index in [9.17, 15) is 42.0 Å². The van der Waals surface area contributed by atoms with E-state index in [2.05, 4.69) is 86.5 Å². The van der Waals surface area contributed by atoms with E-state index in [1.807, 2.05) is 230 Å². The Balaban J connectivity index is 0.000000171. The van der Waals surface area contributed by atoms with Crippen molar-refractivity contribution in [2.75, 3.05) is 6.26 Å². The lowest BCUT2D eigenvalue weighted by atomic mass is 9.76. The maximum atomic E-state index is 14.9. The van der Waals surface area contributed by atoms with Gasteiger partial charge in [-0.2, -0.15) is 20.6 Å². The number of carbonyl (C=O) groups is 3. The average Bonchev–Trinajstić information content (AvgIpc) is 1.62. The van der Waals surface area contributed by atoms with Gasteiger partial charge in [0.05, 0.1) is 58.0 Å². The molecule has 24 nitrogen and oxygen atoms in total. The molecule has 4 atom stereocenters. The van der Waals surface area contributed by atoms with E-state index < -0.39 is 57.2 Å². The molecule has 0 saturated carbocycles. The van der Waals surface area contributed by atoms with Crippen LogP contribution in [0, 0.1) is 56.9 Å². The number of nitrogens with zero attached hydrogens (tertiary/aromatic N) is 15. The number of carboxylic acids is 3. The first-order chi connectivity index (χ1) is 58.7. The quantitative estimate of drug-likeness (QED) is 0.0311. The van der Waals surface area contributed by atoms with Crippen LogP contribution in [0.4, 0.5) is 13.2 Å². The van der Waals surface area contributed by atoms with Crippen LogP contribution in [-0.4, -0.2) is 124 Å². The fourth-order valence-corrected chi connectivity index (χ4v) is 14.7. The van der Waals surface area contributed by atoms with Gasteiger partial charge in [0, 0.05) is 61.5 Å². The third-order valence-corrected chi connectivity index (χ3v) is 21.8. The molecule has 0 aliphatic heterocycles. The first kappa shape index (κ1) is 90.0. The Kier molecular flexibility index (Phi) is 29.0. The van der Waals surface area contributed by atoms with Gasteiger partial charge in [-0.1, -0.05) is 251 Å². The standard InChI is InChI=1S/C37H34FN5O2.C30H22FN5OS.C18H20FN5O2.C7H15NO2.C3H5N/c1-36(2,3)28(22-32(44)45)21-30-19-20-39-34(41-30)33-31-23-29(38)24-40-35(31)43(42-33)37(25-13-7-4-8-14-25,26-15-9-5-10-16-26)27-17-11-6-12-18-27;1-38(37)26-17-18-32-28(34-26)27-25-19-24(31)20-33-29(25)36(35-27)30(21-11-5-2-6-12-21,22-13-7-3-8-14-22)23-15-9-4-10-16-23;1-18(2,3)10(7-14(25)26)6-12-4-5-20-17(22-12)15-13-8-11(19)9-21-16(13)24-23-15;1-7(2,3)5(8)4-6(9)10;1-2-3-4/h4-20,23-24,28H,21-22H2,1-3H3,(H,44,45);2-20H,1H3;4-5,8-10H,6-7H2,1-3H3,(H,25,26)(H,21,23,24);5H,4,8H2,1-3H3,(H,9,10);2H2,1H3/t28-;;10-;5-;/m1.11./s1. The summed E-state index contributed by atoms with van der Waals surface area (Å²) >= 11 is 0. The minimum absolute atomic E-state index is 0.0171. The third kappa shape index (κ3) is 21.3. The number of aromatic amines is 1. The van der Waals surface area contributed by atoms with Crippen molar-refractivity contribution < 1.29 is 47.1 Å². The number of nitriles is 1. The van der Waals surface area contributed by atoms with Crippen molar-refractivity contribution in [2.24, 2.45) is 33.8 Å². The summed E-state index contributed by atoms with van der Waals surface area (Å²) in [5.41, 5.74) is 12.7. The van der Waals surface area contributed by atoms with Gasteiger partial charge in [0.25, 0.3) is 0 Å². The number of pyridine rings is 3. The normalized spacial score (nSPS) is 12.6. The zero-order valence-electron chi connectivity index (χ0n) is 70.0. The monoisotopic (exact) mass is 1680 g/mol. The second-order valence-corrected chi connectivity index (χ2v) is 33.9. The molecule has 15 rings (SSSR count). The molecule has 0 amide bonds. The molecule has 1 unspecified atom stereocenters. The van der Waals surface area contributed by atoms with Crippen molar-refractivity contribution in [3.63, 3.8) is 0 Å². The van der Waals surface area contributed by atoms with E-state index in [0.29, 0.717) is 91.8 Å². The minimum Gasteiger partial charge on any atom is -0.481 e. The van der Waals surface area contributed by atoms with Crippen LogP contribution in [0.25, 0.3) is 67.7 Å². The molecular weight excluding hydrogens is 1580 g/mol. The molecule has 9 aromatic heterocycles. The van der Waals surface area contributed by atoms with Crippen molar-refractivity contribution in [3.8, 4) is 40.6 Å². The van der Waals surface area contributed by atoms with Crippen LogP contribution in [0.2, 0.25) is 0 Å². The van der Waals surface area contributed by atoms with Gasteiger partial charge in [-0.05, 0) is 111 Å². The molecule has 0 aliphatic rings. The zero-order chi connectivity index (χ0) is 88.4. The Bertz CT molecular complexity index is 5990. The largest absolute Gasteiger partial charge is 0.481 e. The molecule has 0 aliphatic carbocycles. The van der Waals surface area contributed by atoms with Crippen LogP contribution in [0.5, 0.6) is 0 Å². The molecule has 630 valence electrons. The Morgan fingerprint density at radius 2 is 0.789 bits per heavy atom. The number of rotatable bonds is 22. The van der Waals surface area contributed by atoms with Gasteiger partial charge in [0.1, 0.15) is 50.6 Å². The van der Waals surface area contributed by atoms with Gasteiger partial charge in [-0.3, -0.25) is 23.7 Å². The van der Waals surface area contributed by atoms with Crippen LogP contribution in [0.3, 0.4) is 0 Å².